The van der Waals surface area contributed by atoms with E-state index in [4.69, 9.17) is 0 Å². The second kappa shape index (κ2) is 7.06. The third-order valence-corrected chi connectivity index (χ3v) is 4.52. The summed E-state index contributed by atoms with van der Waals surface area (Å²) in [4.78, 5) is 24.4. The highest BCUT2D eigenvalue weighted by atomic mass is 79.9. The summed E-state index contributed by atoms with van der Waals surface area (Å²) in [7, 11) is 1.75. The van der Waals surface area contributed by atoms with Crippen LogP contribution in [0.25, 0.3) is 6.08 Å². The van der Waals surface area contributed by atoms with Crippen LogP contribution in [-0.2, 0) is 11.8 Å². The molecule has 2 N–H and O–H groups in total. The first-order chi connectivity index (χ1) is 9.95. The van der Waals surface area contributed by atoms with Gasteiger partial charge in [0, 0.05) is 28.7 Å². The van der Waals surface area contributed by atoms with Crippen molar-refractivity contribution in [2.45, 2.75) is 0 Å². The molecule has 5 nitrogen and oxygen atoms in total. The molecule has 2 amide bonds. The van der Waals surface area contributed by atoms with E-state index in [1.165, 1.54) is 17.4 Å². The monoisotopic (exact) mass is 431 g/mol. The molecule has 8 heteroatoms. The van der Waals surface area contributed by atoms with Crippen LogP contribution in [0.15, 0.2) is 38.7 Å². The molecule has 0 aliphatic heterocycles. The maximum Gasteiger partial charge on any atom is 0.286 e. The van der Waals surface area contributed by atoms with E-state index in [0.29, 0.717) is 5.69 Å². The highest BCUT2D eigenvalue weighted by molar-refractivity contribution is 9.11. The zero-order valence-corrected chi connectivity index (χ0v) is 14.9. The molecule has 0 atom stereocenters. The number of nitrogens with zero attached hydrogens (tertiary/aromatic N) is 1. The lowest BCUT2D eigenvalue weighted by atomic mass is 10.4. The molecule has 0 unspecified atom stereocenters. The minimum absolute atomic E-state index is 0.385. The van der Waals surface area contributed by atoms with E-state index in [9.17, 15) is 9.59 Å². The second-order valence-corrected chi connectivity index (χ2v) is 7.48. The van der Waals surface area contributed by atoms with Crippen molar-refractivity contribution in [2.75, 3.05) is 0 Å². The van der Waals surface area contributed by atoms with Crippen LogP contribution in [0.4, 0.5) is 0 Å². The average molecular weight is 433 g/mol. The van der Waals surface area contributed by atoms with E-state index in [1.54, 1.807) is 30.0 Å². The summed E-state index contributed by atoms with van der Waals surface area (Å²) in [5.74, 6) is -0.787. The van der Waals surface area contributed by atoms with Crippen molar-refractivity contribution in [3.8, 4) is 0 Å². The lowest BCUT2D eigenvalue weighted by Gasteiger charge is -2.05. The smallest absolute Gasteiger partial charge is 0.286 e. The van der Waals surface area contributed by atoms with E-state index in [1.807, 2.05) is 12.1 Å². The van der Waals surface area contributed by atoms with Crippen LogP contribution in [0, 0.1) is 0 Å². The van der Waals surface area contributed by atoms with Crippen LogP contribution in [0.5, 0.6) is 0 Å². The molecule has 0 fully saturated rings. The summed E-state index contributed by atoms with van der Waals surface area (Å²) in [5.41, 5.74) is 5.13. The number of halogens is 2. The molecule has 0 aromatic carbocycles. The highest BCUT2D eigenvalue weighted by Gasteiger charge is 2.11. The Labute approximate surface area is 142 Å². The second-order valence-electron chi connectivity index (χ2n) is 4.07. The summed E-state index contributed by atoms with van der Waals surface area (Å²) in [6, 6.07) is 5.45. The number of thiophene rings is 1. The van der Waals surface area contributed by atoms with Crippen molar-refractivity contribution in [2.24, 2.45) is 7.05 Å². The lowest BCUT2D eigenvalue weighted by Crippen LogP contribution is -2.41. The Morgan fingerprint density at radius 3 is 2.62 bits per heavy atom. The van der Waals surface area contributed by atoms with E-state index in [-0.39, 0.29) is 5.91 Å². The SMILES string of the molecule is Cn1cc(Br)cc1C(=O)NNC(=O)C=Cc1ccc(Br)s1. The Hall–Kier alpha value is -1.38. The van der Waals surface area contributed by atoms with Gasteiger partial charge in [0.05, 0.1) is 3.79 Å². The number of carbonyl (C=O) groups excluding carboxylic acids is 2. The van der Waals surface area contributed by atoms with Crippen LogP contribution in [0.1, 0.15) is 15.4 Å². The van der Waals surface area contributed by atoms with E-state index in [0.717, 1.165) is 13.1 Å². The van der Waals surface area contributed by atoms with Crippen molar-refractivity contribution < 1.29 is 9.59 Å². The van der Waals surface area contributed by atoms with Crippen LogP contribution in [0.2, 0.25) is 0 Å². The van der Waals surface area contributed by atoms with Crippen molar-refractivity contribution in [3.05, 3.63) is 49.3 Å². The Morgan fingerprint density at radius 1 is 1.29 bits per heavy atom. The first-order valence-corrected chi connectivity index (χ1v) is 8.21. The summed E-state index contributed by atoms with van der Waals surface area (Å²) < 4.78 is 3.44. The quantitative estimate of drug-likeness (QED) is 0.578. The van der Waals surface area contributed by atoms with Crippen molar-refractivity contribution >= 4 is 61.1 Å². The third kappa shape index (κ3) is 4.55. The molecule has 0 bridgehead atoms. The predicted octanol–water partition coefficient (Wildman–Crippen LogP) is 3.09. The predicted molar refractivity (Wildman–Crippen MR) is 89.8 cm³/mol. The Balaban J connectivity index is 1.88. The van der Waals surface area contributed by atoms with Gasteiger partial charge in [-0.3, -0.25) is 20.4 Å². The number of nitrogens with one attached hydrogen (secondary N) is 2. The number of hydrogen-bond acceptors (Lipinski definition) is 3. The third-order valence-electron chi connectivity index (χ3n) is 2.50. The maximum absolute atomic E-state index is 11.9. The molecule has 21 heavy (non-hydrogen) atoms. The first kappa shape index (κ1) is 16.0. The summed E-state index contributed by atoms with van der Waals surface area (Å²) in [6.45, 7) is 0. The average Bonchev–Trinajstić information content (AvgIpc) is 2.99. The molecule has 0 saturated carbocycles. The molecule has 0 aliphatic carbocycles. The summed E-state index contributed by atoms with van der Waals surface area (Å²) >= 11 is 8.14. The molecule has 2 rings (SSSR count). The minimum atomic E-state index is -0.402. The number of rotatable bonds is 3. The number of aryl methyl sites for hydroxylation is 1. The van der Waals surface area contributed by atoms with Gasteiger partial charge >= 0.3 is 0 Å². The zero-order valence-electron chi connectivity index (χ0n) is 10.9. The Kier molecular flexibility index (Phi) is 5.38. The molecule has 2 aromatic heterocycles. The van der Waals surface area contributed by atoms with E-state index < -0.39 is 5.91 Å². The molecule has 2 aromatic rings. The Morgan fingerprint density at radius 2 is 2.05 bits per heavy atom. The van der Waals surface area contributed by atoms with Gasteiger partial charge in [-0.2, -0.15) is 0 Å². The fourth-order valence-electron chi connectivity index (χ4n) is 1.55. The lowest BCUT2D eigenvalue weighted by molar-refractivity contribution is -0.117. The Bertz CT molecular complexity index is 706. The van der Waals surface area contributed by atoms with E-state index in [2.05, 4.69) is 42.7 Å². The molecule has 0 saturated heterocycles. The number of hydrogen-bond donors (Lipinski definition) is 2. The zero-order chi connectivity index (χ0) is 15.4. The molecular weight excluding hydrogens is 422 g/mol. The van der Waals surface area contributed by atoms with Crippen molar-refractivity contribution in [3.63, 3.8) is 0 Å². The van der Waals surface area contributed by atoms with Gasteiger partial charge in [0.1, 0.15) is 5.69 Å². The first-order valence-electron chi connectivity index (χ1n) is 5.81. The minimum Gasteiger partial charge on any atom is -0.345 e. The molecule has 2 heterocycles. The molecular formula is C13H11Br2N3O2S. The van der Waals surface area contributed by atoms with Gasteiger partial charge in [0.25, 0.3) is 11.8 Å². The topological polar surface area (TPSA) is 63.1 Å². The summed E-state index contributed by atoms with van der Waals surface area (Å²) in [5, 5.41) is 0. The van der Waals surface area contributed by atoms with Gasteiger partial charge in [0.2, 0.25) is 0 Å². The van der Waals surface area contributed by atoms with Gasteiger partial charge in [-0.25, -0.2) is 0 Å². The van der Waals surface area contributed by atoms with Crippen molar-refractivity contribution in [1.29, 1.82) is 0 Å². The number of amides is 2. The fraction of sp³-hybridized carbons (Fsp3) is 0.0769. The van der Waals surface area contributed by atoms with Crippen LogP contribution in [0.3, 0.4) is 0 Å². The van der Waals surface area contributed by atoms with Crippen LogP contribution < -0.4 is 10.9 Å². The van der Waals surface area contributed by atoms with Gasteiger partial charge in [0.15, 0.2) is 0 Å². The van der Waals surface area contributed by atoms with Gasteiger partial charge in [-0.15, -0.1) is 11.3 Å². The van der Waals surface area contributed by atoms with Gasteiger partial charge < -0.3 is 4.57 Å². The maximum atomic E-state index is 11.9. The number of hydrazine groups is 1. The summed E-state index contributed by atoms with van der Waals surface area (Å²) in [6.07, 6.45) is 4.79. The number of aromatic nitrogens is 1. The molecule has 0 radical (unpaired) electrons. The van der Waals surface area contributed by atoms with E-state index >= 15 is 0 Å². The molecule has 0 aliphatic rings. The molecule has 110 valence electrons. The van der Waals surface area contributed by atoms with Crippen LogP contribution in [-0.4, -0.2) is 16.4 Å². The van der Waals surface area contributed by atoms with Crippen molar-refractivity contribution in [1.82, 2.24) is 15.4 Å². The van der Waals surface area contributed by atoms with Gasteiger partial charge in [-0.05, 0) is 56.1 Å². The largest absolute Gasteiger partial charge is 0.345 e. The van der Waals surface area contributed by atoms with Crippen LogP contribution >= 0.6 is 43.2 Å². The van der Waals surface area contributed by atoms with Gasteiger partial charge in [-0.1, -0.05) is 0 Å². The normalized spacial score (nSPS) is 10.8. The standard InChI is InChI=1S/C13H11Br2N3O2S/c1-18-7-8(14)6-10(18)13(20)17-16-12(19)5-3-9-2-4-11(15)21-9/h2-7H,1H3,(H,16,19)(H,17,20). The highest BCUT2D eigenvalue weighted by Crippen LogP contribution is 2.22. The number of carbonyl (C=O) groups is 2. The molecule has 0 spiro atoms. The fourth-order valence-corrected chi connectivity index (χ4v) is 3.40.